The molecule has 0 fully saturated rings. The highest BCUT2D eigenvalue weighted by atomic mass is 35.5. The summed E-state index contributed by atoms with van der Waals surface area (Å²) in [6, 6.07) is 10.5. The molecule has 0 radical (unpaired) electrons. The van der Waals surface area contributed by atoms with Crippen LogP contribution in [0.1, 0.15) is 15.9 Å². The van der Waals surface area contributed by atoms with Crippen molar-refractivity contribution in [1.29, 1.82) is 0 Å². The number of nitrogens with one attached hydrogen (secondary N) is 1. The lowest BCUT2D eigenvalue weighted by Crippen LogP contribution is -2.15. The Bertz CT molecular complexity index is 674. The summed E-state index contributed by atoms with van der Waals surface area (Å²) in [5.41, 5.74) is 13.2. The Balaban J connectivity index is 2.25. The van der Waals surface area contributed by atoms with Crippen LogP contribution in [-0.2, 0) is 6.54 Å². The van der Waals surface area contributed by atoms with Gasteiger partial charge in [0.15, 0.2) is 0 Å². The molecule has 0 saturated heterocycles. The molecule has 0 unspecified atom stereocenters. The Kier molecular flexibility index (Phi) is 4.55. The number of halogens is 1. The van der Waals surface area contributed by atoms with E-state index in [-0.39, 0.29) is 5.56 Å². The van der Waals surface area contributed by atoms with Crippen LogP contribution in [0.15, 0.2) is 36.4 Å². The normalized spacial score (nSPS) is 10.2. The van der Waals surface area contributed by atoms with Crippen LogP contribution in [0.5, 0.6) is 5.75 Å². The van der Waals surface area contributed by atoms with Crippen molar-refractivity contribution in [2.75, 3.05) is 18.2 Å². The van der Waals surface area contributed by atoms with E-state index in [9.17, 15) is 4.79 Å². The second-order valence-corrected chi connectivity index (χ2v) is 4.81. The van der Waals surface area contributed by atoms with E-state index < -0.39 is 5.91 Å². The monoisotopic (exact) mass is 305 g/mol. The second-order valence-electron chi connectivity index (χ2n) is 4.41. The molecular formula is C15H16ClN3O2. The van der Waals surface area contributed by atoms with Crippen LogP contribution >= 0.6 is 11.6 Å². The van der Waals surface area contributed by atoms with Gasteiger partial charge in [-0.2, -0.15) is 0 Å². The summed E-state index contributed by atoms with van der Waals surface area (Å²) in [5, 5.41) is 3.73. The average molecular weight is 306 g/mol. The van der Waals surface area contributed by atoms with Gasteiger partial charge in [0.1, 0.15) is 5.75 Å². The van der Waals surface area contributed by atoms with Crippen LogP contribution in [-0.4, -0.2) is 13.0 Å². The fourth-order valence-corrected chi connectivity index (χ4v) is 2.25. The number of primary amides is 1. The van der Waals surface area contributed by atoms with E-state index in [1.165, 1.54) is 0 Å². The van der Waals surface area contributed by atoms with Gasteiger partial charge >= 0.3 is 0 Å². The molecule has 5 nitrogen and oxygen atoms in total. The number of anilines is 2. The van der Waals surface area contributed by atoms with Gasteiger partial charge < -0.3 is 21.5 Å². The standard InChI is InChI=1S/C15H16ClN3O2/c1-21-13-7-3-5-11(16)10(13)8-19-12-6-2-4-9(14(12)17)15(18)20/h2-7,19H,8,17H2,1H3,(H2,18,20). The number of nitrogens with two attached hydrogens (primary N) is 2. The zero-order chi connectivity index (χ0) is 15.4. The molecule has 110 valence electrons. The van der Waals surface area contributed by atoms with Crippen molar-refractivity contribution in [2.45, 2.75) is 6.54 Å². The zero-order valence-corrected chi connectivity index (χ0v) is 12.3. The van der Waals surface area contributed by atoms with Crippen LogP contribution in [0, 0.1) is 0 Å². The number of nitrogen functional groups attached to an aromatic ring is 1. The highest BCUT2D eigenvalue weighted by molar-refractivity contribution is 6.31. The molecule has 21 heavy (non-hydrogen) atoms. The zero-order valence-electron chi connectivity index (χ0n) is 11.5. The molecule has 5 N–H and O–H groups in total. The fourth-order valence-electron chi connectivity index (χ4n) is 2.02. The summed E-state index contributed by atoms with van der Waals surface area (Å²) >= 11 is 6.17. The number of carbonyl (C=O) groups is 1. The van der Waals surface area contributed by atoms with E-state index in [1.54, 1.807) is 31.4 Å². The molecule has 0 heterocycles. The van der Waals surface area contributed by atoms with Gasteiger partial charge in [-0.15, -0.1) is 0 Å². The Morgan fingerprint density at radius 2 is 2.00 bits per heavy atom. The third-order valence-electron chi connectivity index (χ3n) is 3.12. The highest BCUT2D eigenvalue weighted by Gasteiger charge is 2.11. The quantitative estimate of drug-likeness (QED) is 0.741. The van der Waals surface area contributed by atoms with Gasteiger partial charge in [-0.05, 0) is 24.3 Å². The first-order valence-electron chi connectivity index (χ1n) is 6.28. The van der Waals surface area contributed by atoms with E-state index >= 15 is 0 Å². The number of benzene rings is 2. The SMILES string of the molecule is COc1cccc(Cl)c1CNc1cccc(C(N)=O)c1N. The molecule has 0 aliphatic heterocycles. The number of hydrogen-bond acceptors (Lipinski definition) is 4. The minimum absolute atomic E-state index is 0.283. The first-order valence-corrected chi connectivity index (χ1v) is 6.66. The molecule has 2 aromatic carbocycles. The average Bonchev–Trinajstić information content (AvgIpc) is 2.46. The summed E-state index contributed by atoms with van der Waals surface area (Å²) in [4.78, 5) is 11.3. The van der Waals surface area contributed by atoms with Crippen molar-refractivity contribution in [3.63, 3.8) is 0 Å². The number of para-hydroxylation sites is 1. The van der Waals surface area contributed by atoms with Crippen molar-refractivity contribution in [3.8, 4) is 5.75 Å². The Labute approximate surface area is 127 Å². The predicted octanol–water partition coefficient (Wildman–Crippen LogP) is 2.64. The van der Waals surface area contributed by atoms with Gasteiger partial charge in [0.25, 0.3) is 5.91 Å². The minimum atomic E-state index is -0.563. The smallest absolute Gasteiger partial charge is 0.250 e. The lowest BCUT2D eigenvalue weighted by atomic mass is 10.1. The van der Waals surface area contributed by atoms with E-state index in [4.69, 9.17) is 27.8 Å². The summed E-state index contributed by atoms with van der Waals surface area (Å²) in [6.45, 7) is 0.412. The van der Waals surface area contributed by atoms with E-state index in [1.807, 2.05) is 12.1 Å². The predicted molar refractivity (Wildman–Crippen MR) is 84.7 cm³/mol. The molecule has 2 rings (SSSR count). The maximum atomic E-state index is 11.3. The molecule has 0 aliphatic rings. The molecule has 0 aromatic heterocycles. The third-order valence-corrected chi connectivity index (χ3v) is 3.48. The maximum absolute atomic E-state index is 11.3. The van der Waals surface area contributed by atoms with Gasteiger partial charge in [0.05, 0.1) is 24.0 Å². The summed E-state index contributed by atoms with van der Waals surface area (Å²) in [7, 11) is 1.58. The van der Waals surface area contributed by atoms with Gasteiger partial charge in [-0.1, -0.05) is 23.7 Å². The number of hydrogen-bond donors (Lipinski definition) is 3. The van der Waals surface area contributed by atoms with Gasteiger partial charge in [-0.25, -0.2) is 0 Å². The van der Waals surface area contributed by atoms with Crippen molar-refractivity contribution in [1.82, 2.24) is 0 Å². The van der Waals surface area contributed by atoms with Crippen molar-refractivity contribution >= 4 is 28.9 Å². The number of ether oxygens (including phenoxy) is 1. The minimum Gasteiger partial charge on any atom is -0.496 e. The van der Waals surface area contributed by atoms with Gasteiger partial charge in [0.2, 0.25) is 0 Å². The summed E-state index contributed by atoms with van der Waals surface area (Å²) in [6.07, 6.45) is 0. The highest BCUT2D eigenvalue weighted by Crippen LogP contribution is 2.29. The molecule has 0 spiro atoms. The number of amides is 1. The van der Waals surface area contributed by atoms with Crippen LogP contribution < -0.4 is 21.5 Å². The van der Waals surface area contributed by atoms with Gasteiger partial charge in [-0.3, -0.25) is 4.79 Å². The number of rotatable bonds is 5. The second kappa shape index (κ2) is 6.37. The Morgan fingerprint density at radius 3 is 2.67 bits per heavy atom. The fraction of sp³-hybridized carbons (Fsp3) is 0.133. The summed E-state index contributed by atoms with van der Waals surface area (Å²) in [5.74, 6) is 0.117. The molecular weight excluding hydrogens is 290 g/mol. The molecule has 1 amide bonds. The molecule has 2 aromatic rings. The van der Waals surface area contributed by atoms with Crippen LogP contribution in [0.3, 0.4) is 0 Å². The molecule has 6 heteroatoms. The lowest BCUT2D eigenvalue weighted by molar-refractivity contribution is 0.100. The van der Waals surface area contributed by atoms with E-state index in [0.717, 1.165) is 5.56 Å². The number of carbonyl (C=O) groups excluding carboxylic acids is 1. The maximum Gasteiger partial charge on any atom is 0.250 e. The first-order chi connectivity index (χ1) is 10.0. The van der Waals surface area contributed by atoms with Crippen molar-refractivity contribution < 1.29 is 9.53 Å². The van der Waals surface area contributed by atoms with Crippen LogP contribution in [0.2, 0.25) is 5.02 Å². The van der Waals surface area contributed by atoms with Crippen molar-refractivity contribution in [3.05, 3.63) is 52.5 Å². The summed E-state index contributed by atoms with van der Waals surface area (Å²) < 4.78 is 5.28. The lowest BCUT2D eigenvalue weighted by Gasteiger charge is -2.14. The Hall–Kier alpha value is -2.40. The van der Waals surface area contributed by atoms with Crippen molar-refractivity contribution in [2.24, 2.45) is 5.73 Å². The number of methoxy groups -OCH3 is 1. The molecule has 0 bridgehead atoms. The van der Waals surface area contributed by atoms with E-state index in [0.29, 0.717) is 28.7 Å². The topological polar surface area (TPSA) is 90.4 Å². The first kappa shape index (κ1) is 15.0. The molecule has 0 saturated carbocycles. The third kappa shape index (κ3) is 3.20. The molecule has 0 atom stereocenters. The van der Waals surface area contributed by atoms with Gasteiger partial charge in [0, 0.05) is 17.1 Å². The van der Waals surface area contributed by atoms with E-state index in [2.05, 4.69) is 5.32 Å². The largest absolute Gasteiger partial charge is 0.496 e. The van der Waals surface area contributed by atoms with Crippen LogP contribution in [0.25, 0.3) is 0 Å². The Morgan fingerprint density at radius 1 is 1.29 bits per heavy atom. The van der Waals surface area contributed by atoms with Crippen LogP contribution in [0.4, 0.5) is 11.4 Å². The molecule has 0 aliphatic carbocycles.